The first kappa shape index (κ1) is 23.2. The van der Waals surface area contributed by atoms with Gasteiger partial charge in [-0.3, -0.25) is 4.79 Å². The van der Waals surface area contributed by atoms with Gasteiger partial charge in [-0.1, -0.05) is 25.0 Å². The van der Waals surface area contributed by atoms with E-state index < -0.39 is 0 Å². The van der Waals surface area contributed by atoms with Gasteiger partial charge in [-0.25, -0.2) is 4.99 Å². The van der Waals surface area contributed by atoms with Crippen LogP contribution in [-0.4, -0.2) is 49.0 Å². The minimum absolute atomic E-state index is 0. The van der Waals surface area contributed by atoms with Crippen molar-refractivity contribution >= 4 is 35.8 Å². The molecule has 3 aliphatic rings. The number of carbonyl (C=O) groups is 1. The third-order valence-corrected chi connectivity index (χ3v) is 6.23. The highest BCUT2D eigenvalue weighted by Gasteiger charge is 2.35. The summed E-state index contributed by atoms with van der Waals surface area (Å²) < 4.78 is 5.67. The molecular formula is C23H35IN4O2. The maximum Gasteiger partial charge on any atom is 0.258 e. The molecule has 30 heavy (non-hydrogen) atoms. The zero-order chi connectivity index (χ0) is 20.1. The van der Waals surface area contributed by atoms with Gasteiger partial charge in [0.2, 0.25) is 0 Å². The summed E-state index contributed by atoms with van der Waals surface area (Å²) in [5, 5.41) is 6.42. The fourth-order valence-corrected chi connectivity index (χ4v) is 4.55. The Morgan fingerprint density at radius 1 is 1.17 bits per heavy atom. The molecule has 1 aromatic rings. The number of halogens is 1. The Morgan fingerprint density at radius 2 is 1.90 bits per heavy atom. The fraction of sp³-hybridized carbons (Fsp3) is 0.652. The minimum Gasteiger partial charge on any atom is -0.484 e. The van der Waals surface area contributed by atoms with Gasteiger partial charge in [0.25, 0.3) is 5.91 Å². The summed E-state index contributed by atoms with van der Waals surface area (Å²) in [5.41, 5.74) is 1.09. The van der Waals surface area contributed by atoms with Gasteiger partial charge in [-0.2, -0.15) is 0 Å². The minimum atomic E-state index is -0.0409. The van der Waals surface area contributed by atoms with Crippen LogP contribution in [0.3, 0.4) is 0 Å². The molecule has 2 atom stereocenters. The Bertz CT molecular complexity index is 724. The van der Waals surface area contributed by atoms with Crippen molar-refractivity contribution in [2.75, 3.05) is 26.2 Å². The van der Waals surface area contributed by atoms with Crippen LogP contribution in [-0.2, 0) is 11.3 Å². The Labute approximate surface area is 197 Å². The molecule has 2 N–H and O–H groups in total. The van der Waals surface area contributed by atoms with Gasteiger partial charge in [0.1, 0.15) is 5.75 Å². The molecule has 1 aliphatic heterocycles. The fourth-order valence-electron chi connectivity index (χ4n) is 4.55. The Hall–Kier alpha value is -1.51. The van der Waals surface area contributed by atoms with Crippen LogP contribution in [0.25, 0.3) is 0 Å². The predicted molar refractivity (Wildman–Crippen MR) is 130 cm³/mol. The van der Waals surface area contributed by atoms with Crippen LogP contribution in [0.4, 0.5) is 0 Å². The molecule has 0 radical (unpaired) electrons. The largest absolute Gasteiger partial charge is 0.484 e. The number of carbonyl (C=O) groups excluding carboxylic acids is 1. The second-order valence-corrected chi connectivity index (χ2v) is 8.66. The quantitative estimate of drug-likeness (QED) is 0.324. The summed E-state index contributed by atoms with van der Waals surface area (Å²) in [7, 11) is 0. The summed E-state index contributed by atoms with van der Waals surface area (Å²) in [4.78, 5) is 19.2. The molecule has 0 aromatic heterocycles. The van der Waals surface area contributed by atoms with E-state index in [0.29, 0.717) is 12.6 Å². The number of fused-ring (bicyclic) bond motifs is 1. The maximum atomic E-state index is 11.8. The van der Waals surface area contributed by atoms with E-state index in [4.69, 9.17) is 9.73 Å². The molecule has 2 saturated carbocycles. The molecule has 0 bridgehead atoms. The number of benzene rings is 1. The lowest BCUT2D eigenvalue weighted by atomic mass is 9.82. The molecule has 2 aliphatic carbocycles. The van der Waals surface area contributed by atoms with Crippen molar-refractivity contribution in [2.24, 2.45) is 16.8 Å². The van der Waals surface area contributed by atoms with Gasteiger partial charge in [0, 0.05) is 25.7 Å². The third kappa shape index (κ3) is 6.49. The number of rotatable bonds is 7. The van der Waals surface area contributed by atoms with Gasteiger partial charge in [0.15, 0.2) is 12.6 Å². The highest BCUT2D eigenvalue weighted by atomic mass is 127. The number of hydrogen-bond acceptors (Lipinski definition) is 3. The van der Waals surface area contributed by atoms with E-state index in [1.54, 1.807) is 0 Å². The molecule has 166 valence electrons. The van der Waals surface area contributed by atoms with Crippen molar-refractivity contribution in [3.63, 3.8) is 0 Å². The Balaban J connectivity index is 0.00000256. The first-order valence-electron chi connectivity index (χ1n) is 11.3. The van der Waals surface area contributed by atoms with Crippen molar-refractivity contribution in [3.05, 3.63) is 29.8 Å². The number of ether oxygens (including phenoxy) is 1. The Kier molecular flexibility index (Phi) is 8.65. The van der Waals surface area contributed by atoms with Crippen LogP contribution in [0.5, 0.6) is 5.75 Å². The van der Waals surface area contributed by atoms with Crippen LogP contribution in [0, 0.1) is 11.8 Å². The number of nitrogens with zero attached hydrogens (tertiary/aromatic N) is 2. The van der Waals surface area contributed by atoms with Gasteiger partial charge in [0.05, 0.1) is 6.54 Å². The summed E-state index contributed by atoms with van der Waals surface area (Å²) in [6.45, 7) is 5.96. The van der Waals surface area contributed by atoms with Crippen LogP contribution >= 0.6 is 24.0 Å². The van der Waals surface area contributed by atoms with Gasteiger partial charge >= 0.3 is 0 Å². The van der Waals surface area contributed by atoms with Crippen molar-refractivity contribution in [1.29, 1.82) is 0 Å². The lowest BCUT2D eigenvalue weighted by Crippen LogP contribution is -2.40. The van der Waals surface area contributed by atoms with Crippen molar-refractivity contribution in [3.8, 4) is 5.75 Å². The second-order valence-electron chi connectivity index (χ2n) is 8.66. The van der Waals surface area contributed by atoms with E-state index in [-0.39, 0.29) is 36.5 Å². The number of nitrogens with one attached hydrogen (secondary N) is 2. The summed E-state index contributed by atoms with van der Waals surface area (Å²) in [6, 6.07) is 8.28. The number of likely N-dealkylation sites (tertiary alicyclic amines) is 1. The van der Waals surface area contributed by atoms with Gasteiger partial charge in [-0.05, 0) is 62.1 Å². The van der Waals surface area contributed by atoms with Crippen LogP contribution in [0.1, 0.15) is 51.0 Å². The van der Waals surface area contributed by atoms with Crippen molar-refractivity contribution < 1.29 is 9.53 Å². The van der Waals surface area contributed by atoms with E-state index in [1.807, 2.05) is 18.2 Å². The first-order chi connectivity index (χ1) is 14.2. The van der Waals surface area contributed by atoms with Crippen LogP contribution < -0.4 is 15.4 Å². The SMILES string of the molecule is CCNC(=NCc1cccc(OCC(=O)NC2CC2)c1)N1CC2CCCCC2C1.I. The lowest BCUT2D eigenvalue weighted by molar-refractivity contribution is -0.123. The standard InChI is InChI=1S/C23H34N4O2.HI/c1-2-24-23(27-14-18-7-3-4-8-19(18)15-27)25-13-17-6-5-9-21(12-17)29-16-22(28)26-20-10-11-20;/h5-6,9,12,18-20H,2-4,7-8,10-11,13-16H2,1H3,(H,24,25)(H,26,28);1H. The molecule has 7 heteroatoms. The molecule has 1 heterocycles. The molecule has 1 amide bonds. The summed E-state index contributed by atoms with van der Waals surface area (Å²) >= 11 is 0. The molecule has 2 unspecified atom stereocenters. The van der Waals surface area contributed by atoms with Crippen molar-refractivity contribution in [1.82, 2.24) is 15.5 Å². The van der Waals surface area contributed by atoms with Crippen molar-refractivity contribution in [2.45, 2.75) is 58.0 Å². The normalized spacial score (nSPS) is 23.4. The first-order valence-corrected chi connectivity index (χ1v) is 11.3. The van der Waals surface area contributed by atoms with E-state index in [0.717, 1.165) is 61.6 Å². The molecule has 1 aromatic carbocycles. The Morgan fingerprint density at radius 3 is 2.57 bits per heavy atom. The third-order valence-electron chi connectivity index (χ3n) is 6.23. The summed E-state index contributed by atoms with van der Waals surface area (Å²) in [6.07, 6.45) is 7.68. The molecule has 6 nitrogen and oxygen atoms in total. The van der Waals surface area contributed by atoms with Crippen LogP contribution in [0.15, 0.2) is 29.3 Å². The van der Waals surface area contributed by atoms with E-state index in [1.165, 1.54) is 25.7 Å². The van der Waals surface area contributed by atoms with Crippen LogP contribution in [0.2, 0.25) is 0 Å². The topological polar surface area (TPSA) is 66.0 Å². The number of guanidine groups is 1. The monoisotopic (exact) mass is 526 g/mol. The zero-order valence-electron chi connectivity index (χ0n) is 17.9. The molecule has 0 spiro atoms. The maximum absolute atomic E-state index is 11.8. The average Bonchev–Trinajstić information content (AvgIpc) is 3.44. The molecule has 3 fully saturated rings. The smallest absolute Gasteiger partial charge is 0.258 e. The number of amides is 1. The van der Waals surface area contributed by atoms with E-state index in [9.17, 15) is 4.79 Å². The highest BCUT2D eigenvalue weighted by molar-refractivity contribution is 14.0. The predicted octanol–water partition coefficient (Wildman–Crippen LogP) is 3.55. The van der Waals surface area contributed by atoms with E-state index >= 15 is 0 Å². The molecule has 4 rings (SSSR count). The lowest BCUT2D eigenvalue weighted by Gasteiger charge is -2.22. The zero-order valence-corrected chi connectivity index (χ0v) is 20.3. The van der Waals surface area contributed by atoms with Gasteiger partial charge < -0.3 is 20.3 Å². The number of hydrogen-bond donors (Lipinski definition) is 2. The summed E-state index contributed by atoms with van der Waals surface area (Å²) in [5.74, 6) is 3.39. The average molecular weight is 526 g/mol. The number of aliphatic imine (C=N–C) groups is 1. The van der Waals surface area contributed by atoms with Gasteiger partial charge in [-0.15, -0.1) is 24.0 Å². The van der Waals surface area contributed by atoms with E-state index in [2.05, 4.69) is 28.5 Å². The highest BCUT2D eigenvalue weighted by Crippen LogP contribution is 2.36. The molecule has 1 saturated heterocycles. The molecular weight excluding hydrogens is 491 g/mol. The second kappa shape index (κ2) is 11.2.